The monoisotopic (exact) mass is 411 g/mol. The first kappa shape index (κ1) is 20.2. The second-order valence-corrected chi connectivity index (χ2v) is 8.27. The molecule has 4 rings (SSSR count). The molecule has 0 N–H and O–H groups in total. The van der Waals surface area contributed by atoms with Crippen molar-refractivity contribution < 1.29 is 4.74 Å². The van der Waals surface area contributed by atoms with Gasteiger partial charge in [-0.05, 0) is 88.1 Å². The lowest BCUT2D eigenvalue weighted by Gasteiger charge is -2.14. The number of hydrogen-bond donors (Lipinski definition) is 0. The van der Waals surface area contributed by atoms with E-state index in [1.54, 1.807) is 0 Å². The maximum absolute atomic E-state index is 5.92. The van der Waals surface area contributed by atoms with Crippen molar-refractivity contribution in [3.05, 3.63) is 59.4 Å². The fourth-order valence-electron chi connectivity index (χ4n) is 4.13. The number of ether oxygens (including phenoxy) is 1. The topological polar surface area (TPSA) is 30.3 Å². The summed E-state index contributed by atoms with van der Waals surface area (Å²) in [5.41, 5.74) is 2.36. The average molecular weight is 412 g/mol. The molecule has 1 aliphatic rings. The zero-order valence-corrected chi connectivity index (χ0v) is 17.8. The minimum Gasteiger partial charge on any atom is -0.494 e. The Bertz CT molecular complexity index is 900. The van der Waals surface area contributed by atoms with Crippen molar-refractivity contribution in [3.63, 3.8) is 0 Å². The third kappa shape index (κ3) is 5.52. The lowest BCUT2D eigenvalue weighted by molar-refractivity contribution is 0.303. The lowest BCUT2D eigenvalue weighted by atomic mass is 10.2. The molecule has 1 saturated heterocycles. The smallest absolute Gasteiger partial charge is 0.119 e. The number of halogens is 1. The molecule has 154 valence electrons. The van der Waals surface area contributed by atoms with Crippen LogP contribution in [0.3, 0.4) is 0 Å². The number of likely N-dealkylation sites (tertiary alicyclic amines) is 1. The molecule has 0 saturated carbocycles. The molecule has 0 radical (unpaired) electrons. The number of para-hydroxylation sites is 2. The SMILES string of the molecule is Clc1ccc(OCCCCn2c(CCCN3CCCC3)nc3ccccc32)cc1. The Labute approximate surface area is 178 Å². The predicted octanol–water partition coefficient (Wildman–Crippen LogP) is 5.58. The highest BCUT2D eigenvalue weighted by Crippen LogP contribution is 2.19. The number of imidazole rings is 1. The molecule has 1 aliphatic heterocycles. The first-order chi connectivity index (χ1) is 14.3. The van der Waals surface area contributed by atoms with Crippen molar-refractivity contribution in [1.29, 1.82) is 0 Å². The second-order valence-electron chi connectivity index (χ2n) is 7.83. The van der Waals surface area contributed by atoms with Crippen molar-refractivity contribution in [2.45, 2.75) is 45.1 Å². The van der Waals surface area contributed by atoms with Crippen molar-refractivity contribution in [1.82, 2.24) is 14.5 Å². The molecule has 5 heteroatoms. The van der Waals surface area contributed by atoms with Gasteiger partial charge in [0.2, 0.25) is 0 Å². The molecule has 0 atom stereocenters. The minimum atomic E-state index is 0.721. The van der Waals surface area contributed by atoms with Gasteiger partial charge in [-0.2, -0.15) is 0 Å². The summed E-state index contributed by atoms with van der Waals surface area (Å²) in [5, 5.41) is 0.738. The van der Waals surface area contributed by atoms with Crippen LogP contribution in [0, 0.1) is 0 Å². The highest BCUT2D eigenvalue weighted by atomic mass is 35.5. The summed E-state index contributed by atoms with van der Waals surface area (Å²) in [7, 11) is 0. The van der Waals surface area contributed by atoms with E-state index in [-0.39, 0.29) is 0 Å². The molecule has 1 fully saturated rings. The van der Waals surface area contributed by atoms with E-state index in [9.17, 15) is 0 Å². The maximum Gasteiger partial charge on any atom is 0.119 e. The Morgan fingerprint density at radius 3 is 2.52 bits per heavy atom. The average Bonchev–Trinajstić information content (AvgIpc) is 3.37. The fourth-order valence-corrected chi connectivity index (χ4v) is 4.25. The Morgan fingerprint density at radius 1 is 0.897 bits per heavy atom. The first-order valence-corrected chi connectivity index (χ1v) is 11.2. The molecule has 0 unspecified atom stereocenters. The molecule has 0 spiro atoms. The minimum absolute atomic E-state index is 0.721. The molecular weight excluding hydrogens is 382 g/mol. The summed E-state index contributed by atoms with van der Waals surface area (Å²) < 4.78 is 8.25. The van der Waals surface area contributed by atoms with E-state index in [0.29, 0.717) is 0 Å². The van der Waals surface area contributed by atoms with Gasteiger partial charge in [-0.15, -0.1) is 0 Å². The molecule has 2 aromatic carbocycles. The number of fused-ring (bicyclic) bond motifs is 1. The summed E-state index contributed by atoms with van der Waals surface area (Å²) in [4.78, 5) is 7.52. The number of unbranched alkanes of at least 4 members (excludes halogenated alkanes) is 1. The van der Waals surface area contributed by atoms with Gasteiger partial charge in [0.05, 0.1) is 17.6 Å². The zero-order valence-electron chi connectivity index (χ0n) is 17.0. The van der Waals surface area contributed by atoms with Crippen molar-refractivity contribution >= 4 is 22.6 Å². The number of rotatable bonds is 10. The van der Waals surface area contributed by atoms with Crippen LogP contribution >= 0.6 is 11.6 Å². The van der Waals surface area contributed by atoms with Crippen LogP contribution in [0.15, 0.2) is 48.5 Å². The van der Waals surface area contributed by atoms with Gasteiger partial charge < -0.3 is 14.2 Å². The van der Waals surface area contributed by atoms with Crippen molar-refractivity contribution in [2.75, 3.05) is 26.2 Å². The summed E-state index contributed by atoms with van der Waals surface area (Å²) >= 11 is 5.92. The Hall–Kier alpha value is -2.04. The van der Waals surface area contributed by atoms with Crippen molar-refractivity contribution in [3.8, 4) is 5.75 Å². The number of aryl methyl sites for hydroxylation is 2. The molecule has 29 heavy (non-hydrogen) atoms. The second kappa shape index (κ2) is 10.1. The third-order valence-corrected chi connectivity index (χ3v) is 5.92. The summed E-state index contributed by atoms with van der Waals surface area (Å²) in [6.45, 7) is 5.44. The van der Waals surface area contributed by atoms with E-state index < -0.39 is 0 Å². The summed E-state index contributed by atoms with van der Waals surface area (Å²) in [5.74, 6) is 2.11. The van der Waals surface area contributed by atoms with Gasteiger partial charge in [-0.25, -0.2) is 4.98 Å². The Kier molecular flexibility index (Phi) is 7.07. The lowest BCUT2D eigenvalue weighted by Crippen LogP contribution is -2.21. The van der Waals surface area contributed by atoms with Crippen LogP contribution in [0.2, 0.25) is 5.02 Å². The standard InChI is InChI=1S/C24H30ClN3O/c25-20-11-13-21(14-12-20)29-19-6-5-18-28-23-9-2-1-8-22(23)26-24(28)10-7-17-27-15-3-4-16-27/h1-2,8-9,11-14H,3-7,10,15-19H2. The first-order valence-electron chi connectivity index (χ1n) is 10.8. The van der Waals surface area contributed by atoms with Crippen molar-refractivity contribution in [2.24, 2.45) is 0 Å². The number of benzene rings is 2. The van der Waals surface area contributed by atoms with E-state index in [2.05, 4.69) is 33.7 Å². The van der Waals surface area contributed by atoms with Gasteiger partial charge in [0.25, 0.3) is 0 Å². The summed E-state index contributed by atoms with van der Waals surface area (Å²) in [6.07, 6.45) is 7.04. The van der Waals surface area contributed by atoms with Crippen LogP contribution in [0.1, 0.15) is 37.9 Å². The molecule has 4 nitrogen and oxygen atoms in total. The molecule has 0 aliphatic carbocycles. The molecule has 3 aromatic rings. The highest BCUT2D eigenvalue weighted by Gasteiger charge is 2.13. The molecule has 1 aromatic heterocycles. The zero-order chi connectivity index (χ0) is 19.9. The van der Waals surface area contributed by atoms with Crippen LogP contribution in [0.25, 0.3) is 11.0 Å². The van der Waals surface area contributed by atoms with Gasteiger partial charge in [-0.1, -0.05) is 23.7 Å². The van der Waals surface area contributed by atoms with E-state index in [4.69, 9.17) is 21.3 Å². The van der Waals surface area contributed by atoms with Gasteiger partial charge >= 0.3 is 0 Å². The van der Waals surface area contributed by atoms with Crippen LogP contribution in [0.4, 0.5) is 0 Å². The molecule has 0 amide bonds. The molecular formula is C24H30ClN3O. The molecule has 0 bridgehead atoms. The third-order valence-electron chi connectivity index (χ3n) is 5.67. The largest absolute Gasteiger partial charge is 0.494 e. The number of nitrogens with zero attached hydrogens (tertiary/aromatic N) is 3. The highest BCUT2D eigenvalue weighted by molar-refractivity contribution is 6.30. The Balaban J connectivity index is 1.30. The number of hydrogen-bond acceptors (Lipinski definition) is 3. The van der Waals surface area contributed by atoms with E-state index >= 15 is 0 Å². The van der Waals surface area contributed by atoms with Crippen LogP contribution in [-0.4, -0.2) is 40.7 Å². The van der Waals surface area contributed by atoms with Gasteiger partial charge in [0, 0.05) is 18.0 Å². The summed E-state index contributed by atoms with van der Waals surface area (Å²) in [6, 6.07) is 16.1. The molecule has 2 heterocycles. The normalized spacial score (nSPS) is 14.7. The maximum atomic E-state index is 5.92. The fraction of sp³-hybridized carbons (Fsp3) is 0.458. The van der Waals surface area contributed by atoms with Crippen LogP contribution in [0.5, 0.6) is 5.75 Å². The van der Waals surface area contributed by atoms with Gasteiger partial charge in [-0.3, -0.25) is 0 Å². The van der Waals surface area contributed by atoms with Gasteiger partial charge in [0.15, 0.2) is 0 Å². The van der Waals surface area contributed by atoms with E-state index in [0.717, 1.165) is 48.7 Å². The van der Waals surface area contributed by atoms with E-state index in [1.165, 1.54) is 50.2 Å². The van der Waals surface area contributed by atoms with Gasteiger partial charge in [0.1, 0.15) is 11.6 Å². The quantitative estimate of drug-likeness (QED) is 0.408. The predicted molar refractivity (Wildman–Crippen MR) is 120 cm³/mol. The number of aromatic nitrogens is 2. The van der Waals surface area contributed by atoms with Crippen LogP contribution < -0.4 is 4.74 Å². The Morgan fingerprint density at radius 2 is 1.69 bits per heavy atom. The van der Waals surface area contributed by atoms with Crippen LogP contribution in [-0.2, 0) is 13.0 Å². The van der Waals surface area contributed by atoms with E-state index in [1.807, 2.05) is 24.3 Å².